The molecule has 2 rings (SSSR count). The van der Waals surface area contributed by atoms with Crippen LogP contribution in [0.25, 0.3) is 0 Å². The number of rotatable bonds is 2. The second-order valence-corrected chi connectivity index (χ2v) is 3.00. The summed E-state index contributed by atoms with van der Waals surface area (Å²) in [7, 11) is 0. The van der Waals surface area contributed by atoms with Gasteiger partial charge in [0.1, 0.15) is 6.20 Å². The van der Waals surface area contributed by atoms with Gasteiger partial charge in [-0.3, -0.25) is 0 Å². The Morgan fingerprint density at radius 2 is 2.31 bits per heavy atom. The summed E-state index contributed by atoms with van der Waals surface area (Å²) in [5.74, 6) is 1.02. The Morgan fingerprint density at radius 1 is 1.38 bits per heavy atom. The Balaban J connectivity index is 2.44. The quantitative estimate of drug-likeness (QED) is 0.629. The van der Waals surface area contributed by atoms with E-state index < -0.39 is 0 Å². The highest BCUT2D eigenvalue weighted by Gasteiger charge is 2.27. The Hall–Kier alpha value is -1.48. The smallest absolute Gasteiger partial charge is 0.205 e. The lowest BCUT2D eigenvalue weighted by Crippen LogP contribution is -2.40. The first-order chi connectivity index (χ1) is 6.37. The van der Waals surface area contributed by atoms with Crippen LogP contribution in [0.3, 0.4) is 0 Å². The molecule has 0 saturated carbocycles. The van der Waals surface area contributed by atoms with Gasteiger partial charge in [0, 0.05) is 12.3 Å². The van der Waals surface area contributed by atoms with Crippen molar-refractivity contribution >= 4 is 12.2 Å². The van der Waals surface area contributed by atoms with Gasteiger partial charge in [-0.25, -0.2) is 14.5 Å². The van der Waals surface area contributed by atoms with E-state index in [9.17, 15) is 0 Å². The van der Waals surface area contributed by atoms with Gasteiger partial charge in [0.05, 0.1) is 12.7 Å². The van der Waals surface area contributed by atoms with E-state index in [4.69, 9.17) is 0 Å². The summed E-state index contributed by atoms with van der Waals surface area (Å²) >= 11 is 0. The van der Waals surface area contributed by atoms with Crippen LogP contribution < -0.4 is 4.48 Å². The molecule has 1 aliphatic rings. The van der Waals surface area contributed by atoms with Crippen LogP contribution in [0, 0.1) is 0 Å². The van der Waals surface area contributed by atoms with Gasteiger partial charge in [0.15, 0.2) is 0 Å². The number of aliphatic imine (C=N–C) groups is 1. The molecule has 3 nitrogen and oxygen atoms in total. The number of aromatic nitrogens is 1. The van der Waals surface area contributed by atoms with Crippen LogP contribution in [-0.4, -0.2) is 17.9 Å². The van der Waals surface area contributed by atoms with Gasteiger partial charge in [0.25, 0.3) is 0 Å². The molecule has 0 unspecified atom stereocenters. The molecule has 1 aliphatic heterocycles. The van der Waals surface area contributed by atoms with Crippen LogP contribution in [0.1, 0.15) is 6.92 Å². The molecule has 0 aromatic carbocycles. The molecule has 1 aromatic rings. The van der Waals surface area contributed by atoms with E-state index in [-0.39, 0.29) is 0 Å². The summed E-state index contributed by atoms with van der Waals surface area (Å²) in [6.45, 7) is 3.06. The van der Waals surface area contributed by atoms with E-state index in [0.717, 1.165) is 12.4 Å². The lowest BCUT2D eigenvalue weighted by Gasteiger charge is -2.23. The SMILES string of the molecule is CC[N@@+]1(c2ccccn2)C=CN=C1. The Labute approximate surface area is 77.6 Å². The average Bonchev–Trinajstić information content (AvgIpc) is 2.69. The largest absolute Gasteiger partial charge is 0.238 e. The third kappa shape index (κ3) is 1.27. The third-order valence-electron chi connectivity index (χ3n) is 2.29. The summed E-state index contributed by atoms with van der Waals surface area (Å²) in [5, 5.41) is 0. The fourth-order valence-electron chi connectivity index (χ4n) is 1.44. The van der Waals surface area contributed by atoms with Gasteiger partial charge in [-0.05, 0) is 13.0 Å². The molecule has 0 amide bonds. The van der Waals surface area contributed by atoms with Gasteiger partial charge < -0.3 is 0 Å². The van der Waals surface area contributed by atoms with E-state index >= 15 is 0 Å². The molecule has 0 bridgehead atoms. The minimum absolute atomic E-state index is 0.626. The number of hydrogen-bond donors (Lipinski definition) is 0. The van der Waals surface area contributed by atoms with Crippen LogP contribution in [0.4, 0.5) is 5.82 Å². The number of nitrogens with zero attached hydrogens (tertiary/aromatic N) is 3. The molecule has 0 aliphatic carbocycles. The Kier molecular flexibility index (Phi) is 1.94. The molecular weight excluding hydrogens is 162 g/mol. The van der Waals surface area contributed by atoms with Gasteiger partial charge in [-0.2, -0.15) is 0 Å². The molecule has 13 heavy (non-hydrogen) atoms. The van der Waals surface area contributed by atoms with Crippen molar-refractivity contribution in [3.8, 4) is 0 Å². The second kappa shape index (κ2) is 3.11. The van der Waals surface area contributed by atoms with E-state index in [0.29, 0.717) is 4.48 Å². The van der Waals surface area contributed by atoms with Gasteiger partial charge in [0.2, 0.25) is 12.2 Å². The number of pyridine rings is 1. The predicted octanol–water partition coefficient (Wildman–Crippen LogP) is 1.92. The monoisotopic (exact) mass is 174 g/mol. The molecule has 0 saturated heterocycles. The summed E-state index contributed by atoms with van der Waals surface area (Å²) in [4.78, 5) is 8.44. The van der Waals surface area contributed by atoms with Gasteiger partial charge >= 0.3 is 0 Å². The van der Waals surface area contributed by atoms with Crippen molar-refractivity contribution in [3.63, 3.8) is 0 Å². The minimum atomic E-state index is 0.626. The number of hydrogen-bond acceptors (Lipinski definition) is 2. The summed E-state index contributed by atoms with van der Waals surface area (Å²) in [6, 6.07) is 5.94. The lowest BCUT2D eigenvalue weighted by molar-refractivity contribution is 0.575. The molecule has 0 N–H and O–H groups in total. The van der Waals surface area contributed by atoms with Crippen LogP contribution in [0.5, 0.6) is 0 Å². The van der Waals surface area contributed by atoms with E-state index in [2.05, 4.69) is 16.9 Å². The first-order valence-corrected chi connectivity index (χ1v) is 4.38. The zero-order chi connectivity index (χ0) is 9.15. The topological polar surface area (TPSA) is 25.2 Å². The molecule has 0 spiro atoms. The molecule has 2 heterocycles. The van der Waals surface area contributed by atoms with Crippen LogP contribution in [0.15, 0.2) is 41.8 Å². The summed E-state index contributed by atoms with van der Waals surface area (Å²) in [6.07, 6.45) is 7.58. The zero-order valence-electron chi connectivity index (χ0n) is 7.59. The standard InChI is InChI=1S/C10H12N3/c1-2-13(8-7-11-9-13)10-5-3-4-6-12-10/h3-9H,2H2,1H3/q+1/t13-/m1/s1. The molecule has 0 radical (unpaired) electrons. The maximum Gasteiger partial charge on any atom is 0.238 e. The molecule has 3 heteroatoms. The molecule has 66 valence electrons. The third-order valence-corrected chi connectivity index (χ3v) is 2.29. The van der Waals surface area contributed by atoms with Crippen LogP contribution >= 0.6 is 0 Å². The molecule has 1 aromatic heterocycles. The first-order valence-electron chi connectivity index (χ1n) is 4.38. The van der Waals surface area contributed by atoms with Gasteiger partial charge in [-0.15, -0.1) is 0 Å². The maximum atomic E-state index is 4.33. The van der Waals surface area contributed by atoms with Crippen molar-refractivity contribution in [2.45, 2.75) is 6.92 Å². The van der Waals surface area contributed by atoms with Crippen molar-refractivity contribution in [1.29, 1.82) is 0 Å². The fourth-order valence-corrected chi connectivity index (χ4v) is 1.44. The van der Waals surface area contributed by atoms with Crippen molar-refractivity contribution in [2.75, 3.05) is 6.54 Å². The summed E-state index contributed by atoms with van der Waals surface area (Å²) in [5.41, 5.74) is 0. The lowest BCUT2D eigenvalue weighted by atomic mass is 10.4. The van der Waals surface area contributed by atoms with Crippen molar-refractivity contribution in [3.05, 3.63) is 36.8 Å². The Morgan fingerprint density at radius 3 is 2.85 bits per heavy atom. The first kappa shape index (κ1) is 8.13. The Bertz CT molecular complexity index is 328. The van der Waals surface area contributed by atoms with Crippen LogP contribution in [0.2, 0.25) is 0 Å². The zero-order valence-corrected chi connectivity index (χ0v) is 7.59. The highest BCUT2D eigenvalue weighted by atomic mass is 15.4. The highest BCUT2D eigenvalue weighted by Crippen LogP contribution is 2.21. The maximum absolute atomic E-state index is 4.33. The minimum Gasteiger partial charge on any atom is -0.205 e. The molecule has 0 fully saturated rings. The molecule has 1 atom stereocenters. The fraction of sp³-hybridized carbons (Fsp3) is 0.200. The normalized spacial score (nSPS) is 25.3. The van der Waals surface area contributed by atoms with Crippen molar-refractivity contribution < 1.29 is 0 Å². The van der Waals surface area contributed by atoms with E-state index in [1.807, 2.05) is 43.1 Å². The highest BCUT2D eigenvalue weighted by molar-refractivity contribution is 5.76. The van der Waals surface area contributed by atoms with Crippen molar-refractivity contribution in [1.82, 2.24) is 9.47 Å². The summed E-state index contributed by atoms with van der Waals surface area (Å²) < 4.78 is 0.626. The number of quaternary nitrogens is 1. The van der Waals surface area contributed by atoms with E-state index in [1.54, 1.807) is 0 Å². The van der Waals surface area contributed by atoms with E-state index in [1.165, 1.54) is 0 Å². The predicted molar refractivity (Wildman–Crippen MR) is 54.2 cm³/mol. The second-order valence-electron chi connectivity index (χ2n) is 3.00. The average molecular weight is 174 g/mol. The molecular formula is C10H12N3+. The van der Waals surface area contributed by atoms with Gasteiger partial charge in [-0.1, -0.05) is 6.07 Å². The van der Waals surface area contributed by atoms with Crippen molar-refractivity contribution in [2.24, 2.45) is 4.99 Å². The van der Waals surface area contributed by atoms with Crippen LogP contribution in [-0.2, 0) is 0 Å².